The summed E-state index contributed by atoms with van der Waals surface area (Å²) < 4.78 is 2.21. The van der Waals surface area contributed by atoms with Crippen LogP contribution in [-0.2, 0) is 5.75 Å². The molecule has 1 aromatic heterocycles. The van der Waals surface area contributed by atoms with E-state index >= 15 is 0 Å². The molecule has 0 unspecified atom stereocenters. The Morgan fingerprint density at radius 2 is 1.77 bits per heavy atom. The number of thioether (sulfide) groups is 1. The van der Waals surface area contributed by atoms with Crippen molar-refractivity contribution in [3.05, 3.63) is 70.3 Å². The molecule has 1 saturated heterocycles. The van der Waals surface area contributed by atoms with Gasteiger partial charge < -0.3 is 0 Å². The van der Waals surface area contributed by atoms with Crippen LogP contribution in [0.1, 0.15) is 24.1 Å². The first-order valence-electron chi connectivity index (χ1n) is 10.0. The summed E-state index contributed by atoms with van der Waals surface area (Å²) in [6.07, 6.45) is 2.34. The predicted octanol–water partition coefficient (Wildman–Crippen LogP) is 6.73. The van der Waals surface area contributed by atoms with E-state index in [-0.39, 0.29) is 11.4 Å². The molecule has 4 nitrogen and oxygen atoms in total. The van der Waals surface area contributed by atoms with Gasteiger partial charge in [0, 0.05) is 34.4 Å². The van der Waals surface area contributed by atoms with Crippen LogP contribution in [0.5, 0.6) is 0 Å². The zero-order chi connectivity index (χ0) is 20.7. The molecule has 1 spiro atoms. The molecule has 5 rings (SSSR count). The van der Waals surface area contributed by atoms with Crippen LogP contribution in [0.2, 0.25) is 0 Å². The highest BCUT2D eigenvalue weighted by molar-refractivity contribution is 9.10. The highest BCUT2D eigenvalue weighted by atomic mass is 79.9. The molecule has 2 heterocycles. The lowest BCUT2D eigenvalue weighted by Gasteiger charge is -2.39. The molecule has 0 bridgehead atoms. The summed E-state index contributed by atoms with van der Waals surface area (Å²) in [6, 6.07) is 18.5. The summed E-state index contributed by atoms with van der Waals surface area (Å²) >= 11 is 6.93. The average Bonchev–Trinajstić information content (AvgIpc) is 3.41. The highest BCUT2D eigenvalue weighted by Crippen LogP contribution is 2.51. The second-order valence-electron chi connectivity index (χ2n) is 8.07. The van der Waals surface area contributed by atoms with Crippen LogP contribution in [0.25, 0.3) is 0 Å². The summed E-state index contributed by atoms with van der Waals surface area (Å²) in [6.45, 7) is 3.61. The molecular formula is C23H22BrN3OS2. The minimum Gasteiger partial charge on any atom is -0.293 e. The first-order valence-corrected chi connectivity index (χ1v) is 12.6. The number of carbonyl (C=O) groups excluding carboxylic acids is 1. The fraction of sp³-hybridized carbons (Fsp3) is 0.304. The van der Waals surface area contributed by atoms with Gasteiger partial charge in [-0.15, -0.1) is 11.8 Å². The van der Waals surface area contributed by atoms with Gasteiger partial charge in [0.25, 0.3) is 0 Å². The summed E-state index contributed by atoms with van der Waals surface area (Å²) in [5, 5.41) is 0.821. The number of halogens is 1. The van der Waals surface area contributed by atoms with E-state index < -0.39 is 0 Å². The molecule has 1 saturated carbocycles. The molecule has 0 atom stereocenters. The topological polar surface area (TPSA) is 36.4 Å². The monoisotopic (exact) mass is 499 g/mol. The van der Waals surface area contributed by atoms with E-state index in [0.717, 1.165) is 39.8 Å². The number of hydrogen-bond acceptors (Lipinski definition) is 4. The van der Waals surface area contributed by atoms with E-state index in [4.69, 9.17) is 4.98 Å². The van der Waals surface area contributed by atoms with Crippen molar-refractivity contribution < 1.29 is 4.79 Å². The summed E-state index contributed by atoms with van der Waals surface area (Å²) in [7, 11) is 0. The molecule has 2 amide bonds. The van der Waals surface area contributed by atoms with Crippen molar-refractivity contribution in [2.75, 3.05) is 22.9 Å². The van der Waals surface area contributed by atoms with Crippen LogP contribution >= 0.6 is 39.0 Å². The van der Waals surface area contributed by atoms with Gasteiger partial charge in [-0.05, 0) is 49.6 Å². The fourth-order valence-electron chi connectivity index (χ4n) is 3.81. The van der Waals surface area contributed by atoms with Crippen LogP contribution in [0.15, 0.2) is 63.3 Å². The van der Waals surface area contributed by atoms with Crippen molar-refractivity contribution in [3.63, 3.8) is 0 Å². The molecule has 0 N–H and O–H groups in total. The van der Waals surface area contributed by atoms with Gasteiger partial charge in [0.2, 0.25) is 0 Å². The Kier molecular flexibility index (Phi) is 5.37. The molecule has 2 aliphatic rings. The SMILES string of the molecule is Cc1nc(N2CC3(CC3)CN(c3ccc(Br)cc3)C2=O)sc1SCc1ccccc1. The van der Waals surface area contributed by atoms with E-state index in [1.807, 2.05) is 47.1 Å². The molecule has 3 aromatic rings. The lowest BCUT2D eigenvalue weighted by atomic mass is 10.0. The molecule has 154 valence electrons. The van der Waals surface area contributed by atoms with Crippen molar-refractivity contribution in [3.8, 4) is 0 Å². The van der Waals surface area contributed by atoms with Crippen molar-refractivity contribution in [1.82, 2.24) is 4.98 Å². The second-order valence-corrected chi connectivity index (χ2v) is 11.2. The van der Waals surface area contributed by atoms with Crippen molar-refractivity contribution >= 4 is 55.9 Å². The van der Waals surface area contributed by atoms with E-state index in [9.17, 15) is 4.79 Å². The van der Waals surface area contributed by atoms with Gasteiger partial charge >= 0.3 is 6.03 Å². The first kappa shape index (κ1) is 20.1. The van der Waals surface area contributed by atoms with Crippen molar-refractivity contribution in [2.45, 2.75) is 29.7 Å². The van der Waals surface area contributed by atoms with E-state index in [1.54, 1.807) is 23.1 Å². The van der Waals surface area contributed by atoms with E-state index in [0.29, 0.717) is 0 Å². The van der Waals surface area contributed by atoms with Gasteiger partial charge in [0.05, 0.1) is 9.90 Å². The van der Waals surface area contributed by atoms with Crippen LogP contribution in [-0.4, -0.2) is 24.1 Å². The lowest BCUT2D eigenvalue weighted by molar-refractivity contribution is 0.243. The zero-order valence-corrected chi connectivity index (χ0v) is 19.9. The summed E-state index contributed by atoms with van der Waals surface area (Å²) in [4.78, 5) is 22.1. The Morgan fingerprint density at radius 1 is 1.07 bits per heavy atom. The van der Waals surface area contributed by atoms with E-state index in [2.05, 4.69) is 40.2 Å². The number of rotatable bonds is 5. The number of carbonyl (C=O) groups is 1. The van der Waals surface area contributed by atoms with Crippen molar-refractivity contribution in [1.29, 1.82) is 0 Å². The molecule has 2 aromatic carbocycles. The Labute approximate surface area is 193 Å². The van der Waals surface area contributed by atoms with Gasteiger partial charge in [-0.25, -0.2) is 9.78 Å². The summed E-state index contributed by atoms with van der Waals surface area (Å²) in [5.41, 5.74) is 3.46. The fourth-order valence-corrected chi connectivity index (χ4v) is 6.25. The van der Waals surface area contributed by atoms with Gasteiger partial charge in [-0.1, -0.05) is 57.6 Å². The third-order valence-corrected chi connectivity index (χ3v) is 8.87. The Hall–Kier alpha value is -1.83. The molecule has 1 aliphatic heterocycles. The number of amides is 2. The number of aryl methyl sites for hydroxylation is 1. The van der Waals surface area contributed by atoms with Crippen LogP contribution < -0.4 is 9.80 Å². The van der Waals surface area contributed by atoms with Crippen LogP contribution in [0.4, 0.5) is 15.6 Å². The maximum atomic E-state index is 13.4. The third kappa shape index (κ3) is 4.03. The number of anilines is 2. The largest absolute Gasteiger partial charge is 0.330 e. The standard InChI is InChI=1S/C23H22BrN3OS2/c1-16-20(29-13-17-5-3-2-4-6-17)30-21(25-16)27-15-23(11-12-23)14-26(22(27)28)19-9-7-18(24)8-10-19/h2-10H,11-15H2,1H3. The Bertz CT molecular complexity index is 1060. The number of benzene rings is 2. The maximum Gasteiger partial charge on any atom is 0.330 e. The zero-order valence-electron chi connectivity index (χ0n) is 16.7. The van der Waals surface area contributed by atoms with Crippen LogP contribution in [0.3, 0.4) is 0 Å². The normalized spacial score (nSPS) is 17.6. The van der Waals surface area contributed by atoms with Gasteiger partial charge in [0.15, 0.2) is 5.13 Å². The van der Waals surface area contributed by atoms with Gasteiger partial charge in [-0.2, -0.15) is 0 Å². The first-order chi connectivity index (χ1) is 14.5. The summed E-state index contributed by atoms with van der Waals surface area (Å²) in [5.74, 6) is 0.909. The van der Waals surface area contributed by atoms with Gasteiger partial charge in [0.1, 0.15) is 0 Å². The quantitative estimate of drug-likeness (QED) is 0.365. The minimum absolute atomic E-state index is 0.0307. The Balaban J connectivity index is 1.39. The average molecular weight is 500 g/mol. The highest BCUT2D eigenvalue weighted by Gasteiger charge is 2.52. The third-order valence-electron chi connectivity index (χ3n) is 5.73. The lowest BCUT2D eigenvalue weighted by Crippen LogP contribution is -2.55. The molecule has 7 heteroatoms. The molecule has 1 aliphatic carbocycles. The smallest absolute Gasteiger partial charge is 0.293 e. The number of urea groups is 1. The van der Waals surface area contributed by atoms with E-state index in [1.165, 1.54) is 22.6 Å². The maximum absolute atomic E-state index is 13.4. The molecular weight excluding hydrogens is 478 g/mol. The van der Waals surface area contributed by atoms with Gasteiger partial charge in [-0.3, -0.25) is 9.80 Å². The van der Waals surface area contributed by atoms with Crippen LogP contribution in [0, 0.1) is 12.3 Å². The molecule has 30 heavy (non-hydrogen) atoms. The molecule has 0 radical (unpaired) electrons. The second kappa shape index (κ2) is 8.02. The number of hydrogen-bond donors (Lipinski definition) is 0. The minimum atomic E-state index is 0.0307. The molecule has 2 fully saturated rings. The predicted molar refractivity (Wildman–Crippen MR) is 129 cm³/mol. The Morgan fingerprint density at radius 3 is 2.47 bits per heavy atom. The van der Waals surface area contributed by atoms with Crippen molar-refractivity contribution in [2.24, 2.45) is 5.41 Å². The number of nitrogens with zero attached hydrogens (tertiary/aromatic N) is 3. The number of aromatic nitrogens is 1. The number of thiazole rings is 1.